The fraction of sp³-hybridized carbons (Fsp3) is 0.158. The molecule has 3 rings (SSSR count). The number of thiazole rings is 1. The fourth-order valence-corrected chi connectivity index (χ4v) is 4.12. The molecule has 182 valence electrons. The second-order valence-electron chi connectivity index (χ2n) is 6.48. The van der Waals surface area contributed by atoms with Crippen LogP contribution >= 0.6 is 11.3 Å². The van der Waals surface area contributed by atoms with Crippen molar-refractivity contribution in [2.45, 2.75) is 6.18 Å². The standard InChI is InChI=1S/C19H16F4N4O5S2/c1-31-15-4-2-3-12(20)16(15)32-14-6-5-11(27-34(29,30)10-19(21,22)23)9-13(14)25-17(28)26-18-24-7-8-33-18/h2-9,27H,10H2,1H3,(H2,24,25,26,28). The van der Waals surface area contributed by atoms with Crippen molar-refractivity contribution in [1.82, 2.24) is 4.98 Å². The molecule has 0 atom stereocenters. The maximum atomic E-state index is 14.3. The smallest absolute Gasteiger partial charge is 0.404 e. The van der Waals surface area contributed by atoms with Gasteiger partial charge < -0.3 is 14.8 Å². The fourth-order valence-electron chi connectivity index (χ4n) is 2.61. The number of carbonyl (C=O) groups is 1. The second-order valence-corrected chi connectivity index (χ2v) is 9.09. The maximum absolute atomic E-state index is 14.3. The molecule has 0 radical (unpaired) electrons. The van der Waals surface area contributed by atoms with Crippen molar-refractivity contribution < 1.29 is 40.2 Å². The van der Waals surface area contributed by atoms with Gasteiger partial charge in [0.05, 0.1) is 18.5 Å². The number of anilines is 3. The van der Waals surface area contributed by atoms with E-state index in [2.05, 4.69) is 15.6 Å². The van der Waals surface area contributed by atoms with Crippen LogP contribution in [0.15, 0.2) is 48.0 Å². The summed E-state index contributed by atoms with van der Waals surface area (Å²) in [5, 5.41) is 6.62. The van der Waals surface area contributed by atoms with Gasteiger partial charge in [0, 0.05) is 11.6 Å². The minimum Gasteiger partial charge on any atom is -0.493 e. The van der Waals surface area contributed by atoms with Crippen LogP contribution in [0.25, 0.3) is 0 Å². The summed E-state index contributed by atoms with van der Waals surface area (Å²) in [6.07, 6.45) is -3.53. The first-order chi connectivity index (χ1) is 16.0. The molecule has 2 aromatic carbocycles. The highest BCUT2D eigenvalue weighted by molar-refractivity contribution is 7.92. The minimum absolute atomic E-state index is 0.0214. The number of benzene rings is 2. The van der Waals surface area contributed by atoms with Gasteiger partial charge in [-0.1, -0.05) is 6.07 Å². The zero-order valence-electron chi connectivity index (χ0n) is 17.1. The average molecular weight is 520 g/mol. The predicted molar refractivity (Wildman–Crippen MR) is 118 cm³/mol. The number of alkyl halides is 3. The summed E-state index contributed by atoms with van der Waals surface area (Å²) in [6.45, 7) is 0. The van der Waals surface area contributed by atoms with E-state index in [0.29, 0.717) is 0 Å². The highest BCUT2D eigenvalue weighted by atomic mass is 32.2. The maximum Gasteiger partial charge on any atom is 0.404 e. The Labute approximate surface area is 194 Å². The Balaban J connectivity index is 1.93. The number of nitrogens with zero attached hydrogens (tertiary/aromatic N) is 1. The summed E-state index contributed by atoms with van der Waals surface area (Å²) in [4.78, 5) is 16.2. The Morgan fingerprint density at radius 3 is 2.56 bits per heavy atom. The molecule has 1 aromatic heterocycles. The van der Waals surface area contributed by atoms with Crippen LogP contribution in [0.5, 0.6) is 17.2 Å². The highest BCUT2D eigenvalue weighted by Gasteiger charge is 2.35. The summed E-state index contributed by atoms with van der Waals surface area (Å²) in [7, 11) is -3.52. The third-order valence-electron chi connectivity index (χ3n) is 3.87. The Bertz CT molecular complexity index is 1270. The van der Waals surface area contributed by atoms with E-state index in [0.717, 1.165) is 35.6 Å². The normalized spacial score (nSPS) is 11.6. The van der Waals surface area contributed by atoms with Crippen molar-refractivity contribution in [1.29, 1.82) is 0 Å². The molecular formula is C19H16F4N4O5S2. The molecule has 0 fully saturated rings. The van der Waals surface area contributed by atoms with Crippen molar-refractivity contribution in [2.24, 2.45) is 0 Å². The zero-order chi connectivity index (χ0) is 24.9. The van der Waals surface area contributed by atoms with E-state index in [1.165, 1.54) is 25.4 Å². The lowest BCUT2D eigenvalue weighted by Crippen LogP contribution is -2.28. The van der Waals surface area contributed by atoms with Crippen LogP contribution < -0.4 is 24.8 Å². The average Bonchev–Trinajstić information content (AvgIpc) is 3.21. The number of sulfonamides is 1. The molecule has 3 N–H and O–H groups in total. The number of hydrogen-bond donors (Lipinski definition) is 3. The van der Waals surface area contributed by atoms with Crippen LogP contribution in [-0.2, 0) is 10.0 Å². The Kier molecular flexibility index (Phi) is 7.46. The summed E-state index contributed by atoms with van der Waals surface area (Å²) < 4.78 is 88.0. The zero-order valence-corrected chi connectivity index (χ0v) is 18.8. The quantitative estimate of drug-likeness (QED) is 0.359. The monoisotopic (exact) mass is 520 g/mol. The third kappa shape index (κ3) is 6.95. The molecule has 0 saturated carbocycles. The first-order valence-corrected chi connectivity index (χ1v) is 11.7. The third-order valence-corrected chi connectivity index (χ3v) is 5.81. The number of hydrogen-bond acceptors (Lipinski definition) is 7. The van der Waals surface area contributed by atoms with E-state index < -0.39 is 33.8 Å². The molecule has 0 saturated heterocycles. The molecular weight excluding hydrogens is 504 g/mol. The van der Waals surface area contributed by atoms with Gasteiger partial charge in [-0.15, -0.1) is 11.3 Å². The second kappa shape index (κ2) is 10.1. The number of halogens is 4. The van der Waals surface area contributed by atoms with Crippen molar-refractivity contribution in [3.8, 4) is 17.2 Å². The van der Waals surface area contributed by atoms with E-state index in [1.807, 2.05) is 0 Å². The van der Waals surface area contributed by atoms with E-state index in [1.54, 1.807) is 10.1 Å². The molecule has 0 unspecified atom stereocenters. The summed E-state index contributed by atoms with van der Waals surface area (Å²) in [6, 6.07) is 6.30. The van der Waals surface area contributed by atoms with Gasteiger partial charge in [0.1, 0.15) is 0 Å². The number of methoxy groups -OCH3 is 1. The van der Waals surface area contributed by atoms with Crippen molar-refractivity contribution >= 4 is 43.9 Å². The number of carbonyl (C=O) groups excluding carboxylic acids is 1. The first kappa shape index (κ1) is 25.0. The minimum atomic E-state index is -4.97. The van der Waals surface area contributed by atoms with Crippen LogP contribution in [-0.4, -0.2) is 38.5 Å². The Hall–Kier alpha value is -3.59. The summed E-state index contributed by atoms with van der Waals surface area (Å²) in [5.41, 5.74) is -0.492. The van der Waals surface area contributed by atoms with Gasteiger partial charge in [-0.2, -0.15) is 13.2 Å². The van der Waals surface area contributed by atoms with Crippen LogP contribution in [0.2, 0.25) is 0 Å². The van der Waals surface area contributed by atoms with Crippen LogP contribution in [0.1, 0.15) is 0 Å². The van der Waals surface area contributed by atoms with Gasteiger partial charge in [0.2, 0.25) is 15.8 Å². The SMILES string of the molecule is COc1cccc(F)c1Oc1ccc(NS(=O)(=O)CC(F)(F)F)cc1NC(=O)Nc1nccs1. The summed E-state index contributed by atoms with van der Waals surface area (Å²) >= 11 is 1.11. The predicted octanol–water partition coefficient (Wildman–Crippen LogP) is 5.03. The van der Waals surface area contributed by atoms with Gasteiger partial charge in [-0.25, -0.2) is 22.6 Å². The number of nitrogens with one attached hydrogen (secondary N) is 3. The molecule has 0 spiro atoms. The van der Waals surface area contributed by atoms with E-state index in [9.17, 15) is 30.8 Å². The molecule has 9 nitrogen and oxygen atoms in total. The van der Waals surface area contributed by atoms with Crippen LogP contribution in [0, 0.1) is 5.82 Å². The number of ether oxygens (including phenoxy) is 2. The van der Waals surface area contributed by atoms with Crippen LogP contribution in [0.4, 0.5) is 38.9 Å². The number of aromatic nitrogens is 1. The molecule has 1 heterocycles. The molecule has 0 aliphatic heterocycles. The lowest BCUT2D eigenvalue weighted by Gasteiger charge is -2.17. The van der Waals surface area contributed by atoms with Crippen LogP contribution in [0.3, 0.4) is 0 Å². The van der Waals surface area contributed by atoms with E-state index in [4.69, 9.17) is 9.47 Å². The number of para-hydroxylation sites is 1. The van der Waals surface area contributed by atoms with E-state index in [-0.39, 0.29) is 33.8 Å². The van der Waals surface area contributed by atoms with Gasteiger partial charge in [0.15, 0.2) is 28.2 Å². The van der Waals surface area contributed by atoms with Crippen molar-refractivity contribution in [3.63, 3.8) is 0 Å². The molecule has 0 bridgehead atoms. The van der Waals surface area contributed by atoms with Gasteiger partial charge >= 0.3 is 12.2 Å². The molecule has 34 heavy (non-hydrogen) atoms. The largest absolute Gasteiger partial charge is 0.493 e. The van der Waals surface area contributed by atoms with Crippen molar-refractivity contribution in [2.75, 3.05) is 28.2 Å². The lowest BCUT2D eigenvalue weighted by atomic mass is 10.2. The highest BCUT2D eigenvalue weighted by Crippen LogP contribution is 2.38. The lowest BCUT2D eigenvalue weighted by molar-refractivity contribution is -0.106. The summed E-state index contributed by atoms with van der Waals surface area (Å²) in [5.74, 6) is -3.38. The van der Waals surface area contributed by atoms with Gasteiger partial charge in [-0.3, -0.25) is 10.0 Å². The first-order valence-electron chi connectivity index (χ1n) is 9.15. The Morgan fingerprint density at radius 2 is 1.91 bits per heavy atom. The number of urea groups is 1. The number of amides is 2. The topological polar surface area (TPSA) is 119 Å². The molecule has 2 amide bonds. The number of rotatable bonds is 8. The molecule has 0 aliphatic carbocycles. The van der Waals surface area contributed by atoms with E-state index >= 15 is 0 Å². The van der Waals surface area contributed by atoms with Gasteiger partial charge in [-0.05, 0) is 30.3 Å². The molecule has 0 aliphatic rings. The van der Waals surface area contributed by atoms with Crippen molar-refractivity contribution in [3.05, 3.63) is 53.8 Å². The Morgan fingerprint density at radius 1 is 1.15 bits per heavy atom. The molecule has 15 heteroatoms. The molecule has 3 aromatic rings. The van der Waals surface area contributed by atoms with Gasteiger partial charge in [0.25, 0.3) is 0 Å².